The second kappa shape index (κ2) is 7.73. The first-order chi connectivity index (χ1) is 13.9. The molecule has 9 heteroatoms. The first-order valence-corrected chi connectivity index (χ1v) is 10.4. The predicted octanol–water partition coefficient (Wildman–Crippen LogP) is 4.53. The molecule has 3 aromatic carbocycles. The number of ether oxygens (including phenoxy) is 1. The number of nitrogens with one attached hydrogen (secondary N) is 2. The molecule has 0 amide bonds. The Kier molecular flexibility index (Phi) is 5.12. The van der Waals surface area contributed by atoms with Gasteiger partial charge in [0.1, 0.15) is 22.1 Å². The van der Waals surface area contributed by atoms with Crippen molar-refractivity contribution < 1.29 is 17.5 Å². The molecule has 1 aliphatic heterocycles. The van der Waals surface area contributed by atoms with Gasteiger partial charge in [-0.15, -0.1) is 0 Å². The molecule has 4 rings (SSSR count). The fraction of sp³-hybridized carbons (Fsp3) is 0.0500. The summed E-state index contributed by atoms with van der Waals surface area (Å²) in [7, 11) is -3.84. The number of rotatable bonds is 4. The highest BCUT2D eigenvalue weighted by molar-refractivity contribution is 7.90. The molecule has 6 nitrogen and oxygen atoms in total. The molecule has 2 N–H and O–H groups in total. The average Bonchev–Trinajstić information content (AvgIpc) is 2.69. The van der Waals surface area contributed by atoms with Crippen LogP contribution in [0.4, 0.5) is 10.1 Å². The van der Waals surface area contributed by atoms with E-state index in [4.69, 9.17) is 16.3 Å². The van der Waals surface area contributed by atoms with Crippen molar-refractivity contribution in [1.29, 1.82) is 0 Å². The zero-order valence-electron chi connectivity index (χ0n) is 14.9. The van der Waals surface area contributed by atoms with Crippen molar-refractivity contribution in [2.45, 2.75) is 11.4 Å². The highest BCUT2D eigenvalue weighted by Crippen LogP contribution is 2.38. The van der Waals surface area contributed by atoms with E-state index in [1.807, 2.05) is 0 Å². The molecular formula is C20H15ClFN3O3S. The summed E-state index contributed by atoms with van der Waals surface area (Å²) >= 11 is 6.14. The summed E-state index contributed by atoms with van der Waals surface area (Å²) in [4.78, 5) is 4.28. The molecule has 0 atom stereocenters. The van der Waals surface area contributed by atoms with E-state index in [1.165, 1.54) is 18.2 Å². The molecule has 3 aromatic rings. The van der Waals surface area contributed by atoms with Crippen molar-refractivity contribution in [3.8, 4) is 11.5 Å². The van der Waals surface area contributed by atoms with Gasteiger partial charge in [-0.3, -0.25) is 0 Å². The van der Waals surface area contributed by atoms with E-state index in [9.17, 15) is 12.8 Å². The van der Waals surface area contributed by atoms with Crippen molar-refractivity contribution in [2.75, 3.05) is 5.32 Å². The van der Waals surface area contributed by atoms with Gasteiger partial charge in [0.15, 0.2) is 5.75 Å². The Hall–Kier alpha value is -3.10. The van der Waals surface area contributed by atoms with Gasteiger partial charge < -0.3 is 10.1 Å². The van der Waals surface area contributed by atoms with Crippen LogP contribution in [0.15, 0.2) is 76.6 Å². The highest BCUT2D eigenvalue weighted by atomic mass is 35.5. The van der Waals surface area contributed by atoms with Crippen LogP contribution in [0, 0.1) is 5.82 Å². The van der Waals surface area contributed by atoms with Crippen LogP contribution >= 0.6 is 11.6 Å². The molecule has 0 unspecified atom stereocenters. The van der Waals surface area contributed by atoms with Crippen LogP contribution in [0.3, 0.4) is 0 Å². The first kappa shape index (κ1) is 19.2. The molecule has 0 saturated heterocycles. The molecule has 0 saturated carbocycles. The molecule has 0 radical (unpaired) electrons. The number of nitrogens with zero attached hydrogens (tertiary/aromatic N) is 1. The summed E-state index contributed by atoms with van der Waals surface area (Å²) in [5.41, 5.74) is 0.982. The van der Waals surface area contributed by atoms with Crippen molar-refractivity contribution in [2.24, 2.45) is 4.99 Å². The highest BCUT2D eigenvalue weighted by Gasteiger charge is 2.29. The number of anilines is 1. The lowest BCUT2D eigenvalue weighted by molar-refractivity contribution is 0.483. The Labute approximate surface area is 172 Å². The third-order valence-electron chi connectivity index (χ3n) is 4.14. The SMILES string of the molecule is O=S1(=O)NC(=NCc2ccc(F)cc2)Nc2c(Oc3ccccc3Cl)cccc21. The fourth-order valence-electron chi connectivity index (χ4n) is 2.75. The van der Waals surface area contributed by atoms with Gasteiger partial charge in [0, 0.05) is 0 Å². The number of para-hydroxylation sites is 2. The smallest absolute Gasteiger partial charge is 0.266 e. The van der Waals surface area contributed by atoms with Crippen LogP contribution in [0.1, 0.15) is 5.56 Å². The van der Waals surface area contributed by atoms with Crippen LogP contribution in [-0.2, 0) is 16.6 Å². The maximum Gasteiger partial charge on any atom is 0.266 e. The van der Waals surface area contributed by atoms with Crippen LogP contribution in [0.2, 0.25) is 5.02 Å². The number of hydrogen-bond acceptors (Lipinski definition) is 4. The normalized spacial score (nSPS) is 15.9. The maximum atomic E-state index is 13.0. The van der Waals surface area contributed by atoms with Crippen LogP contribution in [0.5, 0.6) is 11.5 Å². The number of fused-ring (bicyclic) bond motifs is 1. The molecule has 29 heavy (non-hydrogen) atoms. The van der Waals surface area contributed by atoms with E-state index in [0.717, 1.165) is 5.56 Å². The van der Waals surface area contributed by atoms with E-state index in [1.54, 1.807) is 48.5 Å². The summed E-state index contributed by atoms with van der Waals surface area (Å²) < 4.78 is 46.6. The number of aliphatic imine (C=N–C) groups is 1. The van der Waals surface area contributed by atoms with Gasteiger partial charge in [-0.05, 0) is 42.0 Å². The second-order valence-corrected chi connectivity index (χ2v) is 8.24. The topological polar surface area (TPSA) is 79.8 Å². The van der Waals surface area contributed by atoms with Gasteiger partial charge >= 0.3 is 0 Å². The Balaban J connectivity index is 1.67. The van der Waals surface area contributed by atoms with Gasteiger partial charge in [-0.1, -0.05) is 41.9 Å². The lowest BCUT2D eigenvalue weighted by Gasteiger charge is -2.23. The Morgan fingerprint density at radius 1 is 0.966 bits per heavy atom. The Morgan fingerprint density at radius 3 is 2.45 bits per heavy atom. The van der Waals surface area contributed by atoms with Gasteiger partial charge in [-0.25, -0.2) is 22.5 Å². The lowest BCUT2D eigenvalue weighted by atomic mass is 10.2. The number of hydrogen-bond donors (Lipinski definition) is 2. The molecule has 0 bridgehead atoms. The minimum Gasteiger partial charge on any atom is -0.454 e. The fourth-order valence-corrected chi connectivity index (χ4v) is 4.08. The third kappa shape index (κ3) is 4.18. The Bertz CT molecular complexity index is 1200. The standard InChI is InChI=1S/C20H15ClFN3O3S/c21-15-4-1-2-5-16(15)28-17-6-3-7-18-19(17)24-20(25-29(18,26)27)23-12-13-8-10-14(22)11-9-13/h1-11H,12H2,(H2,23,24,25). The van der Waals surface area contributed by atoms with E-state index in [0.29, 0.717) is 10.8 Å². The summed E-state index contributed by atoms with van der Waals surface area (Å²) in [6.07, 6.45) is 0. The van der Waals surface area contributed by atoms with Gasteiger partial charge in [0.25, 0.3) is 10.0 Å². The van der Waals surface area contributed by atoms with Gasteiger partial charge in [0.05, 0.1) is 11.6 Å². The van der Waals surface area contributed by atoms with E-state index < -0.39 is 10.0 Å². The molecule has 148 valence electrons. The van der Waals surface area contributed by atoms with E-state index in [2.05, 4.69) is 15.0 Å². The second-order valence-electron chi connectivity index (χ2n) is 6.18. The summed E-state index contributed by atoms with van der Waals surface area (Å²) in [5.74, 6) is 0.366. The Morgan fingerprint density at radius 2 is 1.69 bits per heavy atom. The summed E-state index contributed by atoms with van der Waals surface area (Å²) in [6.45, 7) is 0.161. The van der Waals surface area contributed by atoms with Crippen LogP contribution in [-0.4, -0.2) is 14.4 Å². The monoisotopic (exact) mass is 431 g/mol. The van der Waals surface area contributed by atoms with Crippen molar-refractivity contribution in [3.63, 3.8) is 0 Å². The first-order valence-electron chi connectivity index (χ1n) is 8.56. The lowest BCUT2D eigenvalue weighted by Crippen LogP contribution is -2.40. The molecule has 1 heterocycles. The molecule has 0 spiro atoms. The van der Waals surface area contributed by atoms with Crippen LogP contribution in [0.25, 0.3) is 0 Å². The summed E-state index contributed by atoms with van der Waals surface area (Å²) in [6, 6.07) is 17.3. The zero-order chi connectivity index (χ0) is 20.4. The molecule has 1 aliphatic rings. The number of sulfonamides is 1. The molecule has 0 aliphatic carbocycles. The molecular weight excluding hydrogens is 417 g/mol. The third-order valence-corrected chi connectivity index (χ3v) is 5.84. The van der Waals surface area contributed by atoms with Gasteiger partial charge in [0.2, 0.25) is 5.96 Å². The van der Waals surface area contributed by atoms with Crippen molar-refractivity contribution in [3.05, 3.63) is 83.1 Å². The quantitative estimate of drug-likeness (QED) is 0.636. The van der Waals surface area contributed by atoms with Gasteiger partial charge in [-0.2, -0.15) is 0 Å². The zero-order valence-corrected chi connectivity index (χ0v) is 16.5. The number of halogens is 2. The van der Waals surface area contributed by atoms with Crippen molar-refractivity contribution >= 4 is 33.3 Å². The maximum absolute atomic E-state index is 13.0. The molecule has 0 fully saturated rings. The predicted molar refractivity (Wildman–Crippen MR) is 109 cm³/mol. The van der Waals surface area contributed by atoms with Crippen LogP contribution < -0.4 is 14.8 Å². The molecule has 0 aromatic heterocycles. The average molecular weight is 432 g/mol. The number of benzene rings is 3. The van der Waals surface area contributed by atoms with E-state index >= 15 is 0 Å². The van der Waals surface area contributed by atoms with E-state index in [-0.39, 0.29) is 34.7 Å². The minimum absolute atomic E-state index is 0.0304. The minimum atomic E-state index is -3.84. The van der Waals surface area contributed by atoms with Crippen molar-refractivity contribution in [1.82, 2.24) is 4.72 Å². The number of guanidine groups is 1. The summed E-state index contributed by atoms with van der Waals surface area (Å²) in [5, 5.41) is 3.36. The largest absolute Gasteiger partial charge is 0.454 e.